The predicted octanol–water partition coefficient (Wildman–Crippen LogP) is 4.47. The van der Waals surface area contributed by atoms with Crippen LogP contribution in [-0.4, -0.2) is 26.2 Å². The Kier molecular flexibility index (Phi) is 10.4. The first-order valence-electron chi connectivity index (χ1n) is 8.19. The second kappa shape index (κ2) is 12.0. The topological polar surface area (TPSA) is 68.9 Å². The molecule has 7 heteroatoms. The molecule has 0 spiro atoms. The molecule has 0 bridgehead atoms. The Balaban J connectivity index is 0.00000338. The van der Waals surface area contributed by atoms with Gasteiger partial charge in [0.25, 0.3) is 0 Å². The maximum absolute atomic E-state index is 6.07. The van der Waals surface area contributed by atoms with E-state index in [1.54, 1.807) is 7.11 Å². The summed E-state index contributed by atoms with van der Waals surface area (Å²) < 4.78 is 10.8. The van der Waals surface area contributed by atoms with Crippen LogP contribution in [0.3, 0.4) is 0 Å². The smallest absolute Gasteiger partial charge is 0.193 e. The molecule has 0 saturated heterocycles. The number of ether oxygens (including phenoxy) is 2. The van der Waals surface area contributed by atoms with E-state index in [0.29, 0.717) is 37.2 Å². The average Bonchev–Trinajstić information content (AvgIpc) is 2.59. The van der Waals surface area contributed by atoms with Gasteiger partial charge in [-0.3, -0.25) is 4.99 Å². The Hall–Kier alpha value is -1.51. The van der Waals surface area contributed by atoms with E-state index in [4.69, 9.17) is 26.8 Å². The third-order valence-corrected chi connectivity index (χ3v) is 3.80. The van der Waals surface area contributed by atoms with Gasteiger partial charge < -0.3 is 20.5 Å². The van der Waals surface area contributed by atoms with Crippen LogP contribution in [0.2, 0.25) is 5.02 Å². The minimum atomic E-state index is 0. The van der Waals surface area contributed by atoms with E-state index in [9.17, 15) is 0 Å². The normalized spacial score (nSPS) is 11.0. The molecule has 26 heavy (non-hydrogen) atoms. The van der Waals surface area contributed by atoms with Crippen LogP contribution < -0.4 is 15.8 Å². The van der Waals surface area contributed by atoms with Crippen molar-refractivity contribution in [3.8, 4) is 5.75 Å². The summed E-state index contributed by atoms with van der Waals surface area (Å²) in [6, 6.07) is 13.4. The van der Waals surface area contributed by atoms with E-state index < -0.39 is 0 Å². The molecule has 5 nitrogen and oxygen atoms in total. The molecule has 142 valence electrons. The number of benzene rings is 2. The lowest BCUT2D eigenvalue weighted by atomic mass is 10.1. The summed E-state index contributed by atoms with van der Waals surface area (Å²) in [4.78, 5) is 4.39. The van der Waals surface area contributed by atoms with Crippen molar-refractivity contribution in [2.75, 3.05) is 25.6 Å². The summed E-state index contributed by atoms with van der Waals surface area (Å²) in [7, 11) is 1.66. The highest BCUT2D eigenvalue weighted by Gasteiger charge is 2.05. The summed E-state index contributed by atoms with van der Waals surface area (Å²) in [6.45, 7) is 3.61. The molecule has 2 aromatic carbocycles. The third-order valence-electron chi connectivity index (χ3n) is 3.57. The predicted molar refractivity (Wildman–Crippen MR) is 119 cm³/mol. The van der Waals surface area contributed by atoms with Crippen LogP contribution in [-0.2, 0) is 17.8 Å². The number of nitrogens with one attached hydrogen (secondary N) is 1. The number of nitrogens with zero attached hydrogens (tertiary/aromatic N) is 1. The van der Waals surface area contributed by atoms with Crippen molar-refractivity contribution in [1.29, 1.82) is 0 Å². The number of halogens is 2. The van der Waals surface area contributed by atoms with Crippen molar-refractivity contribution in [1.82, 2.24) is 0 Å². The molecular weight excluding hydrogens is 465 g/mol. The fraction of sp³-hybridized carbons (Fsp3) is 0.316. The molecule has 0 radical (unpaired) electrons. The number of methoxy groups -OCH3 is 1. The van der Waals surface area contributed by atoms with Gasteiger partial charge in [-0.05, 0) is 43.2 Å². The van der Waals surface area contributed by atoms with Crippen molar-refractivity contribution in [2.45, 2.75) is 20.0 Å². The summed E-state index contributed by atoms with van der Waals surface area (Å²) in [5, 5.41) is 3.81. The van der Waals surface area contributed by atoms with Gasteiger partial charge in [0.2, 0.25) is 0 Å². The molecule has 0 amide bonds. The molecule has 0 aromatic heterocycles. The summed E-state index contributed by atoms with van der Waals surface area (Å²) >= 11 is 6.07. The van der Waals surface area contributed by atoms with Gasteiger partial charge in [-0.1, -0.05) is 29.8 Å². The highest BCUT2D eigenvalue weighted by atomic mass is 127. The lowest BCUT2D eigenvalue weighted by Crippen LogP contribution is -2.23. The molecule has 0 atom stereocenters. The first-order valence-corrected chi connectivity index (χ1v) is 8.56. The van der Waals surface area contributed by atoms with Crippen molar-refractivity contribution in [3.63, 3.8) is 0 Å². The van der Waals surface area contributed by atoms with Gasteiger partial charge in [0.1, 0.15) is 5.75 Å². The Morgan fingerprint density at radius 1 is 1.19 bits per heavy atom. The van der Waals surface area contributed by atoms with Crippen LogP contribution in [0, 0.1) is 0 Å². The van der Waals surface area contributed by atoms with Crippen molar-refractivity contribution in [3.05, 3.63) is 58.6 Å². The number of aliphatic imine (C=N–C) groups is 1. The van der Waals surface area contributed by atoms with Gasteiger partial charge in [0, 0.05) is 29.9 Å². The Morgan fingerprint density at radius 2 is 1.96 bits per heavy atom. The monoisotopic (exact) mass is 489 g/mol. The fourth-order valence-corrected chi connectivity index (χ4v) is 2.63. The number of rotatable bonds is 8. The largest absolute Gasteiger partial charge is 0.494 e. The number of para-hydroxylation sites is 1. The van der Waals surface area contributed by atoms with Gasteiger partial charge in [-0.2, -0.15) is 0 Å². The number of guanidine groups is 1. The molecule has 0 heterocycles. The minimum Gasteiger partial charge on any atom is -0.494 e. The van der Waals surface area contributed by atoms with Crippen LogP contribution in [0.5, 0.6) is 5.75 Å². The zero-order valence-corrected chi connectivity index (χ0v) is 18.1. The molecule has 0 saturated carbocycles. The molecule has 0 aliphatic rings. The van der Waals surface area contributed by atoms with Crippen LogP contribution >= 0.6 is 35.6 Å². The maximum Gasteiger partial charge on any atom is 0.193 e. The molecule has 2 aromatic rings. The van der Waals surface area contributed by atoms with E-state index in [0.717, 1.165) is 22.6 Å². The molecule has 0 fully saturated rings. The fourth-order valence-electron chi connectivity index (χ4n) is 2.44. The van der Waals surface area contributed by atoms with Crippen LogP contribution in [0.1, 0.15) is 18.1 Å². The number of anilines is 1. The second-order valence-corrected chi connectivity index (χ2v) is 5.85. The molecule has 3 N–H and O–H groups in total. The number of hydrogen-bond acceptors (Lipinski definition) is 3. The Labute approximate surface area is 177 Å². The van der Waals surface area contributed by atoms with E-state index in [-0.39, 0.29) is 24.0 Å². The zero-order valence-electron chi connectivity index (χ0n) is 15.0. The molecule has 0 unspecified atom stereocenters. The highest BCUT2D eigenvalue weighted by Crippen LogP contribution is 2.23. The molecule has 2 rings (SSSR count). The summed E-state index contributed by atoms with van der Waals surface area (Å²) in [5.41, 5.74) is 8.94. The average molecular weight is 490 g/mol. The highest BCUT2D eigenvalue weighted by molar-refractivity contribution is 14.0. The lowest BCUT2D eigenvalue weighted by Gasteiger charge is -2.12. The maximum atomic E-state index is 6.07. The van der Waals surface area contributed by atoms with E-state index in [1.165, 1.54) is 0 Å². The van der Waals surface area contributed by atoms with Gasteiger partial charge in [-0.15, -0.1) is 24.0 Å². The molecular formula is C19H25ClIN3O2. The standard InChI is InChI=1S/C19H24ClN3O2.HI/c1-3-25-18-9-8-16(20)12-14(18)10-11-22-19(21)23-17-7-5-4-6-15(17)13-24-2;/h4-9,12H,3,10-11,13H2,1-2H3,(H3,21,22,23);1H. The quantitative estimate of drug-likeness (QED) is 0.326. The van der Waals surface area contributed by atoms with Gasteiger partial charge in [0.05, 0.1) is 13.2 Å². The number of hydrogen-bond donors (Lipinski definition) is 2. The van der Waals surface area contributed by atoms with E-state index in [1.807, 2.05) is 49.4 Å². The first-order chi connectivity index (χ1) is 12.1. The number of nitrogens with two attached hydrogens (primary N) is 1. The Morgan fingerprint density at radius 3 is 2.69 bits per heavy atom. The second-order valence-electron chi connectivity index (χ2n) is 5.42. The van der Waals surface area contributed by atoms with Gasteiger partial charge in [-0.25, -0.2) is 0 Å². The SMILES string of the molecule is CCOc1ccc(Cl)cc1CCN=C(N)Nc1ccccc1COC.I. The zero-order chi connectivity index (χ0) is 18.1. The van der Waals surface area contributed by atoms with Crippen LogP contribution in [0.25, 0.3) is 0 Å². The van der Waals surface area contributed by atoms with Crippen LogP contribution in [0.15, 0.2) is 47.5 Å². The van der Waals surface area contributed by atoms with Crippen molar-refractivity contribution < 1.29 is 9.47 Å². The Bertz CT molecular complexity index is 726. The summed E-state index contributed by atoms with van der Waals surface area (Å²) in [6.07, 6.45) is 0.692. The van der Waals surface area contributed by atoms with Crippen molar-refractivity contribution in [2.24, 2.45) is 10.7 Å². The molecule has 0 aliphatic carbocycles. The van der Waals surface area contributed by atoms with Crippen LogP contribution in [0.4, 0.5) is 5.69 Å². The summed E-state index contributed by atoms with van der Waals surface area (Å²) in [5.74, 6) is 1.20. The van der Waals surface area contributed by atoms with Gasteiger partial charge in [0.15, 0.2) is 5.96 Å². The lowest BCUT2D eigenvalue weighted by molar-refractivity contribution is 0.185. The van der Waals surface area contributed by atoms with E-state index >= 15 is 0 Å². The van der Waals surface area contributed by atoms with E-state index in [2.05, 4.69) is 10.3 Å². The minimum absolute atomic E-state index is 0. The van der Waals surface area contributed by atoms with Gasteiger partial charge >= 0.3 is 0 Å². The van der Waals surface area contributed by atoms with Crippen molar-refractivity contribution >= 4 is 47.2 Å². The first kappa shape index (κ1) is 22.5. The molecule has 0 aliphatic heterocycles. The third kappa shape index (κ3) is 7.01.